The number of hydrogen-bond acceptors (Lipinski definition) is 4. The summed E-state index contributed by atoms with van der Waals surface area (Å²) in [6.07, 6.45) is 0. The molecule has 0 unspecified atom stereocenters. The highest BCUT2D eigenvalue weighted by Gasteiger charge is 2.06. The zero-order valence-corrected chi connectivity index (χ0v) is 10.3. The molecule has 2 N–H and O–H groups in total. The number of nitrogens with two attached hydrogens (primary N) is 1. The quantitative estimate of drug-likeness (QED) is 0.831. The fourth-order valence-electron chi connectivity index (χ4n) is 1.45. The molecule has 0 aliphatic carbocycles. The van der Waals surface area contributed by atoms with Crippen LogP contribution in [0.4, 0.5) is 5.69 Å². The van der Waals surface area contributed by atoms with Crippen molar-refractivity contribution in [2.75, 3.05) is 5.73 Å². The summed E-state index contributed by atoms with van der Waals surface area (Å²) in [4.78, 5) is 8.34. The number of halogens is 1. The van der Waals surface area contributed by atoms with Crippen molar-refractivity contribution in [3.8, 4) is 11.8 Å². The first kappa shape index (κ1) is 11.7. The van der Waals surface area contributed by atoms with Crippen molar-refractivity contribution in [1.29, 1.82) is 0 Å². The molecule has 0 fully saturated rings. The fraction of sp³-hybridized carbons (Fsp3) is 0.167. The van der Waals surface area contributed by atoms with Gasteiger partial charge < -0.3 is 10.5 Å². The van der Waals surface area contributed by atoms with E-state index in [0.29, 0.717) is 16.5 Å². The van der Waals surface area contributed by atoms with Gasteiger partial charge in [0.1, 0.15) is 0 Å². The summed E-state index contributed by atoms with van der Waals surface area (Å²) in [5.41, 5.74) is 7.93. The summed E-state index contributed by atoms with van der Waals surface area (Å²) in [5.74, 6) is 0.499. The maximum atomic E-state index is 5.80. The van der Waals surface area contributed by atoms with Crippen molar-refractivity contribution in [1.82, 2.24) is 9.97 Å². The lowest BCUT2D eigenvalue weighted by atomic mass is 10.3. The van der Waals surface area contributed by atoms with Crippen molar-refractivity contribution in [2.45, 2.75) is 13.8 Å². The van der Waals surface area contributed by atoms with Crippen LogP contribution in [-0.2, 0) is 0 Å². The van der Waals surface area contributed by atoms with Crippen LogP contribution < -0.4 is 10.5 Å². The van der Waals surface area contributed by atoms with E-state index in [-0.39, 0.29) is 6.01 Å². The molecule has 0 amide bonds. The smallest absolute Gasteiger partial charge is 0.322 e. The van der Waals surface area contributed by atoms with Crippen LogP contribution in [0.1, 0.15) is 11.4 Å². The number of benzene rings is 1. The predicted molar refractivity (Wildman–Crippen MR) is 67.4 cm³/mol. The fourth-order valence-corrected chi connectivity index (χ4v) is 1.63. The van der Waals surface area contributed by atoms with Gasteiger partial charge in [-0.2, -0.15) is 0 Å². The van der Waals surface area contributed by atoms with E-state index in [1.54, 1.807) is 18.2 Å². The number of nitrogens with zero attached hydrogens (tertiary/aromatic N) is 2. The van der Waals surface area contributed by atoms with Crippen LogP contribution in [0.5, 0.6) is 11.8 Å². The summed E-state index contributed by atoms with van der Waals surface area (Å²) < 4.78 is 5.52. The molecule has 88 valence electrons. The average molecular weight is 250 g/mol. The van der Waals surface area contributed by atoms with Gasteiger partial charge in [-0.1, -0.05) is 11.6 Å². The first-order valence-corrected chi connectivity index (χ1v) is 5.47. The molecule has 5 heteroatoms. The van der Waals surface area contributed by atoms with Crippen molar-refractivity contribution < 1.29 is 4.74 Å². The van der Waals surface area contributed by atoms with Gasteiger partial charge in [0.2, 0.25) is 0 Å². The van der Waals surface area contributed by atoms with Crippen LogP contribution in [0.15, 0.2) is 24.3 Å². The Bertz CT molecular complexity index is 537. The normalized spacial score (nSPS) is 10.3. The molecule has 0 saturated carbocycles. The third kappa shape index (κ3) is 2.85. The first-order valence-electron chi connectivity index (χ1n) is 5.10. The van der Waals surface area contributed by atoms with Gasteiger partial charge in [0.05, 0.1) is 5.69 Å². The van der Waals surface area contributed by atoms with Crippen LogP contribution in [-0.4, -0.2) is 9.97 Å². The summed E-state index contributed by atoms with van der Waals surface area (Å²) in [6, 6.07) is 7.18. The van der Waals surface area contributed by atoms with E-state index in [9.17, 15) is 0 Å². The van der Waals surface area contributed by atoms with Gasteiger partial charge in [-0.3, -0.25) is 0 Å². The lowest BCUT2D eigenvalue weighted by Crippen LogP contribution is -1.98. The minimum absolute atomic E-state index is 0.288. The third-order valence-corrected chi connectivity index (χ3v) is 2.37. The Hall–Kier alpha value is -1.81. The zero-order valence-electron chi connectivity index (χ0n) is 9.57. The first-order chi connectivity index (χ1) is 8.04. The minimum atomic E-state index is 0.288. The van der Waals surface area contributed by atoms with Gasteiger partial charge in [-0.15, -0.1) is 0 Å². The van der Waals surface area contributed by atoms with E-state index in [2.05, 4.69) is 9.97 Å². The largest absolute Gasteiger partial charge is 0.422 e. The molecule has 0 bridgehead atoms. The molecule has 0 atom stereocenters. The van der Waals surface area contributed by atoms with Gasteiger partial charge in [0, 0.05) is 16.4 Å². The van der Waals surface area contributed by atoms with E-state index < -0.39 is 0 Å². The number of anilines is 1. The molecule has 17 heavy (non-hydrogen) atoms. The Kier molecular flexibility index (Phi) is 3.15. The Labute approximate surface area is 104 Å². The van der Waals surface area contributed by atoms with Crippen LogP contribution in [0, 0.1) is 13.8 Å². The number of rotatable bonds is 2. The van der Waals surface area contributed by atoms with E-state index in [0.717, 1.165) is 11.4 Å². The molecule has 0 aliphatic rings. The molecule has 0 saturated heterocycles. The standard InChI is InChI=1S/C12H12ClN3O/c1-7-5-8(2)16-12(15-7)17-11-4-3-9(13)6-10(11)14/h3-6H,14H2,1-2H3. The second kappa shape index (κ2) is 4.59. The molecule has 0 spiro atoms. The summed E-state index contributed by atoms with van der Waals surface area (Å²) in [6.45, 7) is 3.76. The number of nitrogen functional groups attached to an aromatic ring is 1. The highest BCUT2D eigenvalue weighted by atomic mass is 35.5. The number of aromatic nitrogens is 2. The van der Waals surface area contributed by atoms with Crippen molar-refractivity contribution >= 4 is 17.3 Å². The zero-order chi connectivity index (χ0) is 12.4. The number of hydrogen-bond donors (Lipinski definition) is 1. The van der Waals surface area contributed by atoms with Crippen molar-refractivity contribution in [3.05, 3.63) is 40.7 Å². The van der Waals surface area contributed by atoms with E-state index in [4.69, 9.17) is 22.1 Å². The average Bonchev–Trinajstić information content (AvgIpc) is 2.21. The van der Waals surface area contributed by atoms with Gasteiger partial charge in [0.25, 0.3) is 0 Å². The maximum absolute atomic E-state index is 5.80. The predicted octanol–water partition coefficient (Wildman–Crippen LogP) is 3.12. The lowest BCUT2D eigenvalue weighted by Gasteiger charge is -2.08. The molecule has 2 rings (SSSR count). The van der Waals surface area contributed by atoms with Crippen LogP contribution in [0.2, 0.25) is 5.02 Å². The van der Waals surface area contributed by atoms with Crippen molar-refractivity contribution in [2.24, 2.45) is 0 Å². The molecule has 0 aliphatic heterocycles. The van der Waals surface area contributed by atoms with Crippen molar-refractivity contribution in [3.63, 3.8) is 0 Å². The molecule has 1 aromatic heterocycles. The summed E-state index contributed by atoms with van der Waals surface area (Å²) in [5, 5.41) is 0.566. The Balaban J connectivity index is 2.31. The molecule has 1 heterocycles. The Morgan fingerprint density at radius 1 is 1.12 bits per heavy atom. The topological polar surface area (TPSA) is 61.0 Å². The lowest BCUT2D eigenvalue weighted by molar-refractivity contribution is 0.441. The molecular formula is C12H12ClN3O. The molecule has 4 nitrogen and oxygen atoms in total. The molecule has 0 radical (unpaired) electrons. The highest BCUT2D eigenvalue weighted by Crippen LogP contribution is 2.28. The van der Waals surface area contributed by atoms with E-state index in [1.807, 2.05) is 19.9 Å². The Morgan fingerprint density at radius 2 is 1.76 bits per heavy atom. The van der Waals surface area contributed by atoms with E-state index in [1.165, 1.54) is 0 Å². The molecule has 1 aromatic carbocycles. The number of aryl methyl sites for hydroxylation is 2. The molecular weight excluding hydrogens is 238 g/mol. The number of ether oxygens (including phenoxy) is 1. The third-order valence-electron chi connectivity index (χ3n) is 2.13. The van der Waals surface area contributed by atoms with Crippen LogP contribution >= 0.6 is 11.6 Å². The van der Waals surface area contributed by atoms with Crippen LogP contribution in [0.3, 0.4) is 0 Å². The minimum Gasteiger partial charge on any atom is -0.422 e. The van der Waals surface area contributed by atoms with Gasteiger partial charge >= 0.3 is 6.01 Å². The monoisotopic (exact) mass is 249 g/mol. The maximum Gasteiger partial charge on any atom is 0.322 e. The second-order valence-electron chi connectivity index (χ2n) is 3.72. The van der Waals surface area contributed by atoms with Crippen LogP contribution in [0.25, 0.3) is 0 Å². The van der Waals surface area contributed by atoms with Gasteiger partial charge in [0.15, 0.2) is 5.75 Å². The van der Waals surface area contributed by atoms with Gasteiger partial charge in [-0.05, 0) is 38.1 Å². The Morgan fingerprint density at radius 3 is 2.35 bits per heavy atom. The summed E-state index contributed by atoms with van der Waals surface area (Å²) in [7, 11) is 0. The second-order valence-corrected chi connectivity index (χ2v) is 4.15. The van der Waals surface area contributed by atoms with Gasteiger partial charge in [-0.25, -0.2) is 9.97 Å². The highest BCUT2D eigenvalue weighted by molar-refractivity contribution is 6.30. The molecule has 2 aromatic rings. The SMILES string of the molecule is Cc1cc(C)nc(Oc2ccc(Cl)cc2N)n1. The van der Waals surface area contributed by atoms with E-state index >= 15 is 0 Å². The summed E-state index contributed by atoms with van der Waals surface area (Å²) >= 11 is 5.80.